The molecule has 6 N–H and O–H groups in total. The normalized spacial score (nSPS) is 21.8. The monoisotopic (exact) mass is 288 g/mol. The van der Waals surface area contributed by atoms with E-state index in [1.54, 1.807) is 0 Å². The van der Waals surface area contributed by atoms with Gasteiger partial charge in [0.2, 0.25) is 0 Å². The van der Waals surface area contributed by atoms with E-state index in [-0.39, 0.29) is 0 Å². The summed E-state index contributed by atoms with van der Waals surface area (Å²) in [6.07, 6.45) is -11.0. The molecule has 18 heavy (non-hydrogen) atoms. The fourth-order valence-corrected chi connectivity index (χ4v) is 1.47. The van der Waals surface area contributed by atoms with Crippen LogP contribution < -0.4 is 0 Å². The number of carbonyl (C=O) groups excluding carboxylic acids is 1. The quantitative estimate of drug-likeness (QED) is 0.253. The fourth-order valence-electron chi connectivity index (χ4n) is 1.35. The number of aliphatic hydroxyl groups is 6. The van der Waals surface area contributed by atoms with Crippen molar-refractivity contribution in [3.8, 4) is 0 Å². The van der Waals surface area contributed by atoms with E-state index in [4.69, 9.17) is 21.8 Å². The summed E-state index contributed by atoms with van der Waals surface area (Å²) >= 11 is 4.91. The van der Waals surface area contributed by atoms with Crippen LogP contribution in [0, 0.1) is 0 Å². The topological polar surface area (TPSA) is 148 Å². The molecule has 0 aromatic heterocycles. The molecule has 108 valence electrons. The molecule has 0 aromatic carbocycles. The van der Waals surface area contributed by atoms with Gasteiger partial charge in [0, 0.05) is 7.11 Å². The van der Waals surface area contributed by atoms with E-state index in [0.717, 1.165) is 7.11 Å². The third kappa shape index (κ3) is 4.41. The third-order valence-corrected chi connectivity index (χ3v) is 2.65. The second-order valence-corrected chi connectivity index (χ2v) is 4.04. The maximum absolute atomic E-state index is 10.6. The van der Waals surface area contributed by atoms with Crippen LogP contribution in [0.4, 0.5) is 0 Å². The highest BCUT2D eigenvalue weighted by Crippen LogP contribution is 2.14. The Bertz CT molecular complexity index is 263. The molecular weight excluding hydrogens is 272 g/mol. The molecule has 0 rings (SSSR count). The van der Waals surface area contributed by atoms with Crippen LogP contribution in [0.2, 0.25) is 0 Å². The van der Waals surface area contributed by atoms with Gasteiger partial charge in [0.05, 0.1) is 6.61 Å². The molecule has 0 heterocycles. The van der Waals surface area contributed by atoms with E-state index in [1.807, 2.05) is 0 Å². The number of aliphatic hydroxyl groups excluding tert-OH is 6. The summed E-state index contributed by atoms with van der Waals surface area (Å²) < 4.78 is 4.65. The van der Waals surface area contributed by atoms with E-state index in [9.17, 15) is 25.2 Å². The second-order valence-electron chi connectivity index (χ2n) is 3.67. The maximum Gasteiger partial charge on any atom is 0.253 e. The number of carbonyl (C=O) groups is 1. The van der Waals surface area contributed by atoms with Crippen molar-refractivity contribution in [1.29, 1.82) is 0 Å². The van der Waals surface area contributed by atoms with Crippen molar-refractivity contribution >= 4 is 16.8 Å². The predicted molar refractivity (Wildman–Crippen MR) is 58.8 cm³/mol. The second kappa shape index (κ2) is 7.97. The molecule has 0 aromatic rings. The number of rotatable bonds is 8. The summed E-state index contributed by atoms with van der Waals surface area (Å²) in [7, 11) is 1.09. The Balaban J connectivity index is 4.74. The zero-order chi connectivity index (χ0) is 14.5. The average Bonchev–Trinajstić information content (AvgIpc) is 2.36. The van der Waals surface area contributed by atoms with Crippen molar-refractivity contribution in [2.75, 3.05) is 13.7 Å². The molecular formula is C9H17ClO8. The van der Waals surface area contributed by atoms with Crippen LogP contribution in [0.1, 0.15) is 0 Å². The highest BCUT2D eigenvalue weighted by Gasteiger charge is 2.39. The molecule has 8 nitrogen and oxygen atoms in total. The summed E-state index contributed by atoms with van der Waals surface area (Å²) in [4.78, 5) is 10.6. The standard InChI is InChI=1S/C9H17ClO8/c1-18-8(3(12)2-11)6(15)4(13)5(14)7(16)9(10)17/h3-8,11-16H,2H2,1H3. The van der Waals surface area contributed by atoms with Crippen LogP contribution in [0.5, 0.6) is 0 Å². The summed E-state index contributed by atoms with van der Waals surface area (Å²) in [5.41, 5.74) is 0. The SMILES string of the molecule is COC(C(O)CO)C(O)C(O)C(O)C(O)C(=O)Cl. The number of halogens is 1. The minimum atomic E-state index is -2.10. The lowest BCUT2D eigenvalue weighted by atomic mass is 9.97. The van der Waals surface area contributed by atoms with E-state index in [1.165, 1.54) is 0 Å². The maximum atomic E-state index is 10.6. The Morgan fingerprint density at radius 3 is 1.94 bits per heavy atom. The molecule has 0 radical (unpaired) electrons. The molecule has 6 unspecified atom stereocenters. The average molecular weight is 289 g/mol. The van der Waals surface area contributed by atoms with Gasteiger partial charge in [-0.25, -0.2) is 0 Å². The van der Waals surface area contributed by atoms with Crippen LogP contribution >= 0.6 is 11.6 Å². The highest BCUT2D eigenvalue weighted by molar-refractivity contribution is 6.64. The first-order chi connectivity index (χ1) is 8.27. The van der Waals surface area contributed by atoms with Gasteiger partial charge in [-0.05, 0) is 11.6 Å². The first-order valence-corrected chi connectivity index (χ1v) is 5.39. The summed E-state index contributed by atoms with van der Waals surface area (Å²) in [5, 5.41) is 54.2. The molecule has 0 aliphatic rings. The van der Waals surface area contributed by atoms with Gasteiger partial charge in [0.1, 0.15) is 30.5 Å². The minimum Gasteiger partial charge on any atom is -0.394 e. The van der Waals surface area contributed by atoms with Gasteiger partial charge in [0.25, 0.3) is 5.24 Å². The van der Waals surface area contributed by atoms with Crippen molar-refractivity contribution in [2.24, 2.45) is 0 Å². The summed E-state index contributed by atoms with van der Waals surface area (Å²) in [5.74, 6) is 0. The zero-order valence-electron chi connectivity index (χ0n) is 9.55. The van der Waals surface area contributed by atoms with E-state index >= 15 is 0 Å². The molecule has 0 saturated heterocycles. The van der Waals surface area contributed by atoms with Gasteiger partial charge < -0.3 is 35.4 Å². The Morgan fingerprint density at radius 2 is 1.61 bits per heavy atom. The number of hydrogen-bond donors (Lipinski definition) is 6. The van der Waals surface area contributed by atoms with Crippen molar-refractivity contribution in [3.05, 3.63) is 0 Å². The predicted octanol–water partition coefficient (Wildman–Crippen LogP) is -3.44. The molecule has 9 heteroatoms. The molecule has 0 aliphatic heterocycles. The molecule has 6 atom stereocenters. The molecule has 0 amide bonds. The van der Waals surface area contributed by atoms with E-state index in [2.05, 4.69) is 4.74 Å². The van der Waals surface area contributed by atoms with Gasteiger partial charge in [-0.1, -0.05) is 0 Å². The Morgan fingerprint density at radius 1 is 1.11 bits per heavy atom. The number of hydrogen-bond acceptors (Lipinski definition) is 8. The van der Waals surface area contributed by atoms with Gasteiger partial charge >= 0.3 is 0 Å². The van der Waals surface area contributed by atoms with Gasteiger partial charge in [0.15, 0.2) is 6.10 Å². The Hall–Kier alpha value is -0.320. The molecule has 0 fully saturated rings. The highest BCUT2D eigenvalue weighted by atomic mass is 35.5. The largest absolute Gasteiger partial charge is 0.394 e. The molecule has 0 spiro atoms. The van der Waals surface area contributed by atoms with Crippen LogP contribution in [-0.2, 0) is 9.53 Å². The van der Waals surface area contributed by atoms with Gasteiger partial charge in [-0.2, -0.15) is 0 Å². The smallest absolute Gasteiger partial charge is 0.253 e. The van der Waals surface area contributed by atoms with Crippen LogP contribution in [0.3, 0.4) is 0 Å². The summed E-state index contributed by atoms with van der Waals surface area (Å²) in [6, 6.07) is 0. The number of ether oxygens (including phenoxy) is 1. The minimum absolute atomic E-state index is 0.755. The first kappa shape index (κ1) is 17.7. The van der Waals surface area contributed by atoms with Gasteiger partial charge in [-0.3, -0.25) is 4.79 Å². The number of methoxy groups -OCH3 is 1. The van der Waals surface area contributed by atoms with Gasteiger partial charge in [-0.15, -0.1) is 0 Å². The van der Waals surface area contributed by atoms with Crippen LogP contribution in [-0.4, -0.2) is 86.2 Å². The lowest BCUT2D eigenvalue weighted by Gasteiger charge is -2.31. The summed E-state index contributed by atoms with van der Waals surface area (Å²) in [6.45, 7) is -0.755. The first-order valence-electron chi connectivity index (χ1n) is 5.01. The molecule has 0 bridgehead atoms. The van der Waals surface area contributed by atoms with Crippen LogP contribution in [0.15, 0.2) is 0 Å². The Labute approximate surface area is 108 Å². The molecule has 0 aliphatic carbocycles. The van der Waals surface area contributed by atoms with Crippen LogP contribution in [0.25, 0.3) is 0 Å². The van der Waals surface area contributed by atoms with Crippen molar-refractivity contribution in [3.63, 3.8) is 0 Å². The van der Waals surface area contributed by atoms with Crippen molar-refractivity contribution in [2.45, 2.75) is 36.6 Å². The van der Waals surface area contributed by atoms with Crippen molar-refractivity contribution in [1.82, 2.24) is 0 Å². The third-order valence-electron chi connectivity index (χ3n) is 2.43. The van der Waals surface area contributed by atoms with E-state index < -0.39 is 48.5 Å². The lowest BCUT2D eigenvalue weighted by Crippen LogP contribution is -2.54. The lowest BCUT2D eigenvalue weighted by molar-refractivity contribution is -0.168. The van der Waals surface area contributed by atoms with E-state index in [0.29, 0.717) is 0 Å². The fraction of sp³-hybridized carbons (Fsp3) is 0.889. The zero-order valence-corrected chi connectivity index (χ0v) is 10.3. The van der Waals surface area contributed by atoms with Crippen molar-refractivity contribution < 1.29 is 40.2 Å². The Kier molecular flexibility index (Phi) is 7.83. The molecule has 0 saturated carbocycles.